The fourth-order valence-electron chi connectivity index (χ4n) is 1.71. The Balaban J connectivity index is 0.000000280. The lowest BCUT2D eigenvalue weighted by molar-refractivity contribution is -0.301. The lowest BCUT2D eigenvalue weighted by Crippen LogP contribution is -2.21. The Hall–Kier alpha value is -2.70. The molecule has 0 atom stereocenters. The summed E-state index contributed by atoms with van der Waals surface area (Å²) in [6.07, 6.45) is 1.91. The van der Waals surface area contributed by atoms with Crippen molar-refractivity contribution in [3.8, 4) is 0 Å². The van der Waals surface area contributed by atoms with Gasteiger partial charge in [0.2, 0.25) is 0 Å². The Morgan fingerprint density at radius 3 is 1.68 bits per heavy atom. The molecule has 2 aromatic carbocycles. The minimum Gasteiger partial charge on any atom is -0.293 e. The zero-order valence-electron chi connectivity index (χ0n) is 16.8. The summed E-state index contributed by atoms with van der Waals surface area (Å²) in [5.74, 6) is -0.915. The van der Waals surface area contributed by atoms with E-state index in [2.05, 4.69) is 9.78 Å². The van der Waals surface area contributed by atoms with Gasteiger partial charge in [-0.05, 0) is 51.5 Å². The average Bonchev–Trinajstić information content (AvgIpc) is 2.70. The number of benzene rings is 2. The number of hydrogen-bond acceptors (Lipinski definition) is 6. The van der Waals surface area contributed by atoms with Crippen molar-refractivity contribution < 1.29 is 29.1 Å². The van der Waals surface area contributed by atoms with Crippen molar-refractivity contribution in [1.82, 2.24) is 0 Å². The van der Waals surface area contributed by atoms with E-state index < -0.39 is 17.5 Å². The van der Waals surface area contributed by atoms with Gasteiger partial charge in [0.15, 0.2) is 0 Å². The predicted octanol–water partition coefficient (Wildman–Crippen LogP) is 5.15. The molecule has 0 aliphatic heterocycles. The average molecular weight is 388 g/mol. The lowest BCUT2D eigenvalue weighted by Gasteiger charge is -2.16. The first-order valence-corrected chi connectivity index (χ1v) is 9.17. The van der Waals surface area contributed by atoms with Crippen molar-refractivity contribution in [2.45, 2.75) is 46.1 Å². The van der Waals surface area contributed by atoms with Crippen molar-refractivity contribution in [1.29, 1.82) is 0 Å². The van der Waals surface area contributed by atoms with Gasteiger partial charge in [-0.2, -0.15) is 9.78 Å². The molecule has 0 N–H and O–H groups in total. The summed E-state index contributed by atoms with van der Waals surface area (Å²) in [6.45, 7) is 7.93. The van der Waals surface area contributed by atoms with E-state index in [4.69, 9.17) is 9.78 Å². The largest absolute Gasteiger partial charge is 0.373 e. The number of carbonyl (C=O) groups excluding carboxylic acids is 2. The molecule has 0 radical (unpaired) electrons. The molecule has 0 spiro atoms. The molecule has 0 heterocycles. The minimum atomic E-state index is -0.482. The van der Waals surface area contributed by atoms with Crippen molar-refractivity contribution in [2.24, 2.45) is 0 Å². The summed E-state index contributed by atoms with van der Waals surface area (Å²) in [5, 5.41) is 0. The van der Waals surface area contributed by atoms with Crippen molar-refractivity contribution in [3.63, 3.8) is 0 Å². The predicted molar refractivity (Wildman–Crippen MR) is 105 cm³/mol. The summed E-state index contributed by atoms with van der Waals surface area (Å²) in [7, 11) is 0. The molecule has 0 amide bonds. The second-order valence-electron chi connectivity index (χ2n) is 6.84. The SMILES string of the molecule is CC(C)(C)OOC(=O)c1ccccc1.CCCCOOC(=O)c1ccccc1. The molecule has 0 bridgehead atoms. The molecule has 6 nitrogen and oxygen atoms in total. The van der Waals surface area contributed by atoms with Gasteiger partial charge in [-0.15, -0.1) is 0 Å². The van der Waals surface area contributed by atoms with Crippen LogP contribution in [0.25, 0.3) is 0 Å². The molecule has 0 aromatic heterocycles. The highest BCUT2D eigenvalue weighted by Gasteiger charge is 2.16. The van der Waals surface area contributed by atoms with E-state index in [9.17, 15) is 9.59 Å². The third-order valence-electron chi connectivity index (χ3n) is 3.10. The minimum absolute atomic E-state index is 0.443. The maximum absolute atomic E-state index is 11.3. The Morgan fingerprint density at radius 1 is 0.786 bits per heavy atom. The molecular formula is C22H28O6. The van der Waals surface area contributed by atoms with Gasteiger partial charge in [-0.3, -0.25) is 9.78 Å². The summed E-state index contributed by atoms with van der Waals surface area (Å²) < 4.78 is 0. The molecule has 0 aliphatic carbocycles. The van der Waals surface area contributed by atoms with Crippen LogP contribution < -0.4 is 0 Å². The van der Waals surface area contributed by atoms with Gasteiger partial charge in [-0.25, -0.2) is 9.59 Å². The van der Waals surface area contributed by atoms with Crippen LogP contribution in [-0.2, 0) is 19.6 Å². The van der Waals surface area contributed by atoms with Crippen LogP contribution in [0.1, 0.15) is 61.3 Å². The second kappa shape index (κ2) is 12.6. The zero-order chi connectivity index (χ0) is 20.8. The highest BCUT2D eigenvalue weighted by Crippen LogP contribution is 2.09. The summed E-state index contributed by atoms with van der Waals surface area (Å²) >= 11 is 0. The van der Waals surface area contributed by atoms with Crippen LogP contribution in [0.15, 0.2) is 60.7 Å². The molecule has 152 valence electrons. The Morgan fingerprint density at radius 2 is 1.25 bits per heavy atom. The molecule has 2 aromatic rings. The normalized spacial score (nSPS) is 10.4. The van der Waals surface area contributed by atoms with E-state index in [0.717, 1.165) is 12.8 Å². The Labute approximate surface area is 166 Å². The van der Waals surface area contributed by atoms with Gasteiger partial charge in [-0.1, -0.05) is 49.7 Å². The van der Waals surface area contributed by atoms with E-state index in [0.29, 0.717) is 17.7 Å². The maximum Gasteiger partial charge on any atom is 0.373 e. The van der Waals surface area contributed by atoms with Crippen molar-refractivity contribution in [3.05, 3.63) is 71.8 Å². The number of rotatable bonds is 7. The lowest BCUT2D eigenvalue weighted by atomic mass is 10.2. The molecule has 0 unspecified atom stereocenters. The van der Waals surface area contributed by atoms with E-state index >= 15 is 0 Å². The van der Waals surface area contributed by atoms with Gasteiger partial charge < -0.3 is 0 Å². The topological polar surface area (TPSA) is 71.1 Å². The van der Waals surface area contributed by atoms with Gasteiger partial charge in [0, 0.05) is 0 Å². The third-order valence-corrected chi connectivity index (χ3v) is 3.10. The maximum atomic E-state index is 11.3. The van der Waals surface area contributed by atoms with Crippen molar-refractivity contribution in [2.75, 3.05) is 6.61 Å². The van der Waals surface area contributed by atoms with Gasteiger partial charge >= 0.3 is 11.9 Å². The second-order valence-corrected chi connectivity index (χ2v) is 6.84. The molecule has 2 rings (SSSR count). The van der Waals surface area contributed by atoms with Gasteiger partial charge in [0.1, 0.15) is 5.60 Å². The molecule has 28 heavy (non-hydrogen) atoms. The van der Waals surface area contributed by atoms with Crippen LogP contribution in [0.5, 0.6) is 0 Å². The van der Waals surface area contributed by atoms with Gasteiger partial charge in [0.25, 0.3) is 0 Å². The van der Waals surface area contributed by atoms with Crippen LogP contribution in [0.2, 0.25) is 0 Å². The highest BCUT2D eigenvalue weighted by atomic mass is 17.2. The van der Waals surface area contributed by atoms with E-state index in [1.807, 2.05) is 39.8 Å². The fourth-order valence-corrected chi connectivity index (χ4v) is 1.71. The first-order chi connectivity index (χ1) is 13.3. The first kappa shape index (κ1) is 23.3. The van der Waals surface area contributed by atoms with Gasteiger partial charge in [0.05, 0.1) is 17.7 Å². The smallest absolute Gasteiger partial charge is 0.293 e. The fraction of sp³-hybridized carbons (Fsp3) is 0.364. The number of carbonyl (C=O) groups is 2. The number of unbranched alkanes of at least 4 members (excludes halogenated alkanes) is 1. The highest BCUT2D eigenvalue weighted by molar-refractivity contribution is 5.89. The first-order valence-electron chi connectivity index (χ1n) is 9.17. The van der Waals surface area contributed by atoms with Crippen LogP contribution in [-0.4, -0.2) is 24.1 Å². The van der Waals surface area contributed by atoms with Crippen LogP contribution in [0.3, 0.4) is 0 Å². The molecule has 6 heteroatoms. The van der Waals surface area contributed by atoms with Crippen LogP contribution >= 0.6 is 0 Å². The van der Waals surface area contributed by atoms with E-state index in [1.165, 1.54) is 0 Å². The molecular weight excluding hydrogens is 360 g/mol. The number of hydrogen-bond donors (Lipinski definition) is 0. The van der Waals surface area contributed by atoms with Crippen LogP contribution in [0, 0.1) is 0 Å². The summed E-state index contributed by atoms with van der Waals surface area (Å²) in [6, 6.07) is 17.5. The van der Waals surface area contributed by atoms with Crippen LogP contribution in [0.4, 0.5) is 0 Å². The third kappa shape index (κ3) is 10.4. The Kier molecular flexibility index (Phi) is 10.5. The molecule has 0 saturated carbocycles. The molecule has 0 aliphatic rings. The standard InChI is InChI=1S/2C11H14O3/c1-11(2,3)14-13-10(12)9-7-5-4-6-8-9;1-2-3-9-13-14-11(12)10-7-5-4-6-8-10/h4-8H,1-3H3;4-8H,2-3,9H2,1H3. The van der Waals surface area contributed by atoms with Crippen molar-refractivity contribution >= 4 is 11.9 Å². The zero-order valence-corrected chi connectivity index (χ0v) is 16.8. The summed E-state index contributed by atoms with van der Waals surface area (Å²) in [4.78, 5) is 41.5. The summed E-state index contributed by atoms with van der Waals surface area (Å²) in [5.41, 5.74) is 0.505. The monoisotopic (exact) mass is 388 g/mol. The quantitative estimate of drug-likeness (QED) is 0.371. The molecule has 0 saturated heterocycles. The van der Waals surface area contributed by atoms with E-state index in [-0.39, 0.29) is 0 Å². The Bertz CT molecular complexity index is 692. The van der Waals surface area contributed by atoms with E-state index in [1.54, 1.807) is 48.5 Å². The molecule has 0 fully saturated rings.